The Morgan fingerprint density at radius 3 is 1.57 bits per heavy atom. The third-order valence-electron chi connectivity index (χ3n) is 22.2. The van der Waals surface area contributed by atoms with Gasteiger partial charge in [-0.1, -0.05) is 68.4 Å². The number of hydrogen-bond donors (Lipinski definition) is 0. The van der Waals surface area contributed by atoms with Crippen molar-refractivity contribution in [1.82, 2.24) is 9.13 Å². The maximum Gasteiger partial charge on any atom is 0.319 e. The maximum absolute atomic E-state index is 2.97. The van der Waals surface area contributed by atoms with Gasteiger partial charge in [-0.15, -0.1) is 0 Å². The molecular formula is C64H55N5+2. The maximum atomic E-state index is 2.97. The zero-order valence-electron chi connectivity index (χ0n) is 39.7. The normalized spacial score (nSPS) is 32.6. The Balaban J connectivity index is 1.04. The van der Waals surface area contributed by atoms with Crippen LogP contribution in [0.15, 0.2) is 115 Å². The van der Waals surface area contributed by atoms with Crippen molar-refractivity contribution in [2.75, 3.05) is 4.90 Å². The van der Waals surface area contributed by atoms with Crippen LogP contribution in [0.4, 0.5) is 17.2 Å². The van der Waals surface area contributed by atoms with Crippen LogP contribution in [0.5, 0.6) is 0 Å². The van der Waals surface area contributed by atoms with Crippen molar-refractivity contribution >= 4 is 60.8 Å². The lowest BCUT2D eigenvalue weighted by Gasteiger charge is -2.57. The lowest BCUT2D eigenvalue weighted by atomic mass is 9.48. The molecule has 8 aliphatic carbocycles. The van der Waals surface area contributed by atoms with Gasteiger partial charge in [-0.3, -0.25) is 0 Å². The summed E-state index contributed by atoms with van der Waals surface area (Å²) in [5.74, 6) is 7.98. The Kier molecular flexibility index (Phi) is 5.66. The van der Waals surface area contributed by atoms with E-state index < -0.39 is 5.66 Å². The molecule has 4 aromatic heterocycles. The zero-order chi connectivity index (χ0) is 44.4. The summed E-state index contributed by atoms with van der Waals surface area (Å²) in [6, 6.07) is 47.3. The highest BCUT2D eigenvalue weighted by atomic mass is 15.5. The summed E-state index contributed by atoms with van der Waals surface area (Å²) in [5, 5.41) is 5.47. The lowest BCUT2D eigenvalue weighted by molar-refractivity contribution is -0.931. The van der Waals surface area contributed by atoms with Gasteiger partial charge in [0.25, 0.3) is 11.6 Å². The summed E-state index contributed by atoms with van der Waals surface area (Å²) in [6.07, 6.45) is 16.9. The number of hydrogen-bond acceptors (Lipinski definition) is 1. The van der Waals surface area contributed by atoms with Crippen LogP contribution in [0, 0.1) is 35.5 Å². The van der Waals surface area contributed by atoms with Gasteiger partial charge in [0, 0.05) is 50.2 Å². The number of benzene rings is 5. The van der Waals surface area contributed by atoms with Crippen LogP contribution in [-0.2, 0) is 21.9 Å². The monoisotopic (exact) mass is 893 g/mol. The molecule has 22 rings (SSSR count). The van der Waals surface area contributed by atoms with E-state index in [4.69, 9.17) is 0 Å². The van der Waals surface area contributed by atoms with Gasteiger partial charge in [-0.2, -0.15) is 18.6 Å². The first kappa shape index (κ1) is 35.8. The van der Waals surface area contributed by atoms with Crippen LogP contribution >= 0.6 is 0 Å². The molecule has 0 N–H and O–H groups in total. The zero-order valence-corrected chi connectivity index (χ0v) is 39.7. The molecule has 5 aliphatic heterocycles. The highest BCUT2D eigenvalue weighted by Crippen LogP contribution is 2.67. The topological polar surface area (TPSA) is 20.9 Å². The van der Waals surface area contributed by atoms with Crippen LogP contribution in [-0.4, -0.2) is 9.13 Å². The predicted octanol–water partition coefficient (Wildman–Crippen LogP) is 13.7. The molecule has 5 heteroatoms. The molecule has 9 aromatic rings. The second kappa shape index (κ2) is 10.9. The van der Waals surface area contributed by atoms with E-state index in [1.54, 1.807) is 11.1 Å². The van der Waals surface area contributed by atoms with Crippen molar-refractivity contribution < 1.29 is 9.13 Å². The van der Waals surface area contributed by atoms with Gasteiger partial charge in [-0.25, -0.2) is 0 Å². The fourth-order valence-corrected chi connectivity index (χ4v) is 20.7. The fourth-order valence-electron chi connectivity index (χ4n) is 20.7. The molecule has 1 unspecified atom stereocenters. The van der Waals surface area contributed by atoms with Crippen molar-refractivity contribution in [3.05, 3.63) is 149 Å². The first-order valence-corrected chi connectivity index (χ1v) is 27.1. The Bertz CT molecular complexity index is 3970. The molecule has 1 spiro atoms. The minimum absolute atomic E-state index is 0.210. The molecular weight excluding hydrogens is 839 g/mol. The summed E-state index contributed by atoms with van der Waals surface area (Å²) in [7, 11) is 0. The van der Waals surface area contributed by atoms with Crippen molar-refractivity contribution in [3.63, 3.8) is 0 Å². The summed E-state index contributed by atoms with van der Waals surface area (Å²) in [6.45, 7) is 5.02. The van der Waals surface area contributed by atoms with E-state index in [1.165, 1.54) is 183 Å². The summed E-state index contributed by atoms with van der Waals surface area (Å²) in [4.78, 5) is 2.82. The van der Waals surface area contributed by atoms with E-state index in [0.29, 0.717) is 0 Å². The third kappa shape index (κ3) is 3.66. The van der Waals surface area contributed by atoms with E-state index in [-0.39, 0.29) is 16.2 Å². The molecule has 0 radical (unpaired) electrons. The van der Waals surface area contributed by atoms with E-state index in [9.17, 15) is 0 Å². The van der Waals surface area contributed by atoms with Gasteiger partial charge in [0.2, 0.25) is 0 Å². The number of anilines is 3. The second-order valence-electron chi connectivity index (χ2n) is 25.8. The molecule has 9 heterocycles. The Morgan fingerprint density at radius 1 is 0.449 bits per heavy atom. The summed E-state index contributed by atoms with van der Waals surface area (Å²) in [5.41, 5.74) is 21.1. The highest BCUT2D eigenvalue weighted by Gasteiger charge is 2.71. The average molecular weight is 894 g/mol. The highest BCUT2D eigenvalue weighted by molar-refractivity contribution is 6.22. The molecule has 8 saturated carbocycles. The van der Waals surface area contributed by atoms with E-state index in [1.807, 2.05) is 0 Å². The Labute approximate surface area is 402 Å². The molecule has 5 nitrogen and oxygen atoms in total. The predicted molar refractivity (Wildman–Crippen MR) is 273 cm³/mol. The molecule has 0 amide bonds. The lowest BCUT2D eigenvalue weighted by Crippen LogP contribution is -2.76. The van der Waals surface area contributed by atoms with E-state index >= 15 is 0 Å². The minimum Gasteiger partial charge on any atom is -0.308 e. The van der Waals surface area contributed by atoms with Gasteiger partial charge in [0.1, 0.15) is 22.3 Å². The van der Waals surface area contributed by atoms with Crippen molar-refractivity contribution in [2.24, 2.45) is 35.5 Å². The minimum atomic E-state index is -0.651. The quantitative estimate of drug-likeness (QED) is 0.158. The average Bonchev–Trinajstić information content (AvgIpc) is 3.98. The van der Waals surface area contributed by atoms with Crippen LogP contribution in [0.2, 0.25) is 0 Å². The SMILES string of the molecule is CC1(C)c2ccccc2N2c3c1ccc1c3C34c5c6c(cc7c8ccccc8n(c57)-c5cc(C78CC9CC(CC(C9)C7)C8)cc([n+]53)-c3cc(C57CC8CC(CC(C8)C5)C7)cc2[n+]34)c2ccccc2n6-1. The standard InChI is InChI=1S/C64H55N5/c1-61(2)46-11-5-8-14-50(46)67-55-26-41(63-31-37-20-38(32-63)22-39(21-37)33-63)24-53-52-23-40(62-28-34-17-35(29-62)19-36(18-34)30-62)25-54-66-49-13-7-4-10-43(49)45-27-44-42-9-3-6-12-48(42)65-51-16-15-47(61)60(67)56(51)64(68(52)54,69(53)55)57(58(44)65)59(45)66/h3-16,23-27,34-39H,17-22,28-33H2,1-2H3/q+2. The molecule has 1 atom stereocenters. The van der Waals surface area contributed by atoms with Gasteiger partial charge in [0.15, 0.2) is 22.6 Å². The largest absolute Gasteiger partial charge is 0.319 e. The summed E-state index contributed by atoms with van der Waals surface area (Å²) >= 11 is 0. The van der Waals surface area contributed by atoms with E-state index in [2.05, 4.69) is 152 Å². The Hall–Kier alpha value is -6.20. The van der Waals surface area contributed by atoms with Gasteiger partial charge in [0.05, 0.1) is 16.7 Å². The number of pyridine rings is 2. The van der Waals surface area contributed by atoms with Crippen LogP contribution < -0.4 is 14.0 Å². The van der Waals surface area contributed by atoms with E-state index in [0.717, 1.165) is 35.5 Å². The molecule has 334 valence electrons. The Morgan fingerprint density at radius 2 is 0.957 bits per heavy atom. The number of fused-ring (bicyclic) bond motifs is 12. The fraction of sp³-hybridized carbons (Fsp3) is 0.375. The van der Waals surface area contributed by atoms with Gasteiger partial charge in [-0.05, 0) is 183 Å². The number of nitrogens with zero attached hydrogens (tertiary/aromatic N) is 5. The molecule has 8 fully saturated rings. The summed E-state index contributed by atoms with van der Waals surface area (Å²) < 4.78 is 11.5. The van der Waals surface area contributed by atoms with Crippen molar-refractivity contribution in [3.8, 4) is 22.9 Å². The molecule has 8 bridgehead atoms. The van der Waals surface area contributed by atoms with Gasteiger partial charge >= 0.3 is 5.66 Å². The number of rotatable bonds is 2. The van der Waals surface area contributed by atoms with Crippen molar-refractivity contribution in [1.29, 1.82) is 0 Å². The van der Waals surface area contributed by atoms with Gasteiger partial charge < -0.3 is 4.57 Å². The first-order valence-electron chi connectivity index (χ1n) is 27.1. The van der Waals surface area contributed by atoms with Crippen LogP contribution in [0.3, 0.4) is 0 Å². The van der Waals surface area contributed by atoms with Crippen molar-refractivity contribution in [2.45, 2.75) is 113 Å². The molecule has 13 aliphatic rings. The first-order chi connectivity index (χ1) is 33.8. The third-order valence-corrected chi connectivity index (χ3v) is 22.2. The molecule has 0 saturated heterocycles. The second-order valence-corrected chi connectivity index (χ2v) is 25.8. The van der Waals surface area contributed by atoms with Crippen LogP contribution in [0.1, 0.15) is 124 Å². The van der Waals surface area contributed by atoms with Crippen LogP contribution in [0.25, 0.3) is 66.5 Å². The number of para-hydroxylation sites is 3. The smallest absolute Gasteiger partial charge is 0.308 e. The molecule has 5 aromatic carbocycles. The molecule has 69 heavy (non-hydrogen) atoms. The number of aromatic nitrogens is 4.